The minimum Gasteiger partial charge on any atom is -0.457 e. The Balaban J connectivity index is 1.60. The van der Waals surface area contributed by atoms with Crippen LogP contribution < -0.4 is 10.5 Å². The molecule has 1 aliphatic rings. The van der Waals surface area contributed by atoms with Crippen LogP contribution >= 0.6 is 0 Å². The van der Waals surface area contributed by atoms with Crippen LogP contribution in [0.15, 0.2) is 67.5 Å². The van der Waals surface area contributed by atoms with E-state index in [4.69, 9.17) is 15.6 Å². The molecule has 1 saturated heterocycles. The summed E-state index contributed by atoms with van der Waals surface area (Å²) in [6.45, 7) is 5.62. The Labute approximate surface area is 204 Å². The standard InChI is InChI=1S/C27H28N6O2/c1-3-21(34)16-19-15-18(9-10-23(19)35-22-7-5-4-6-8-22)25-24-26(28)29-17-30-27(24)33(31-25)20-11-13-32(2)14-12-20/h3-10,15,17,20H,1,11-14,16H2,2H3,(H2,28,29,30). The maximum Gasteiger partial charge on any atom is 0.164 e. The van der Waals surface area contributed by atoms with Crippen LogP contribution in [0, 0.1) is 0 Å². The summed E-state index contributed by atoms with van der Waals surface area (Å²) in [6, 6.07) is 15.5. The summed E-state index contributed by atoms with van der Waals surface area (Å²) in [7, 11) is 2.13. The van der Waals surface area contributed by atoms with Crippen molar-refractivity contribution >= 4 is 22.6 Å². The number of para-hydroxylation sites is 1. The quantitative estimate of drug-likeness (QED) is 0.401. The lowest BCUT2D eigenvalue weighted by molar-refractivity contribution is -0.114. The SMILES string of the molecule is C=CC(=O)Cc1cc(-c2nn(C3CCN(C)CC3)c3ncnc(N)c23)ccc1Oc1ccccc1. The first-order valence-electron chi connectivity index (χ1n) is 11.7. The van der Waals surface area contributed by atoms with E-state index in [0.717, 1.165) is 48.1 Å². The number of nitrogens with zero attached hydrogens (tertiary/aromatic N) is 5. The van der Waals surface area contributed by atoms with E-state index in [1.54, 1.807) is 0 Å². The molecule has 0 aliphatic carbocycles. The molecule has 1 fully saturated rings. The van der Waals surface area contributed by atoms with Gasteiger partial charge in [-0.2, -0.15) is 5.10 Å². The number of allylic oxidation sites excluding steroid dienone is 1. The van der Waals surface area contributed by atoms with Gasteiger partial charge in [0.25, 0.3) is 0 Å². The predicted molar refractivity (Wildman–Crippen MR) is 136 cm³/mol. The first kappa shape index (κ1) is 22.7. The Bertz CT molecular complexity index is 1370. The average Bonchev–Trinajstić information content (AvgIpc) is 3.27. The molecule has 178 valence electrons. The van der Waals surface area contributed by atoms with Gasteiger partial charge in [0.15, 0.2) is 11.4 Å². The molecule has 4 aromatic rings. The first-order chi connectivity index (χ1) is 17.0. The van der Waals surface area contributed by atoms with E-state index < -0.39 is 0 Å². The molecule has 0 saturated carbocycles. The van der Waals surface area contributed by atoms with Crippen molar-refractivity contribution in [3.05, 3.63) is 73.1 Å². The van der Waals surface area contributed by atoms with Crippen molar-refractivity contribution in [3.8, 4) is 22.8 Å². The highest BCUT2D eigenvalue weighted by molar-refractivity contribution is 5.99. The molecule has 2 N–H and O–H groups in total. The number of ketones is 1. The van der Waals surface area contributed by atoms with Crippen molar-refractivity contribution in [1.82, 2.24) is 24.6 Å². The van der Waals surface area contributed by atoms with E-state index in [2.05, 4.69) is 28.5 Å². The van der Waals surface area contributed by atoms with Gasteiger partial charge in [-0.05, 0) is 69.4 Å². The zero-order valence-electron chi connectivity index (χ0n) is 19.7. The second-order valence-corrected chi connectivity index (χ2v) is 8.87. The maximum atomic E-state index is 12.3. The molecule has 0 bridgehead atoms. The fourth-order valence-corrected chi connectivity index (χ4v) is 4.53. The van der Waals surface area contributed by atoms with Crippen LogP contribution in [0.5, 0.6) is 11.5 Å². The third-order valence-corrected chi connectivity index (χ3v) is 6.45. The van der Waals surface area contributed by atoms with E-state index in [0.29, 0.717) is 23.0 Å². The normalized spacial score (nSPS) is 14.8. The molecule has 0 unspecified atom stereocenters. The molecule has 3 heterocycles. The Kier molecular flexibility index (Phi) is 6.29. The highest BCUT2D eigenvalue weighted by Gasteiger charge is 2.25. The number of aromatic nitrogens is 4. The number of ether oxygens (including phenoxy) is 1. The first-order valence-corrected chi connectivity index (χ1v) is 11.7. The third-order valence-electron chi connectivity index (χ3n) is 6.45. The van der Waals surface area contributed by atoms with Crippen LogP contribution in [-0.2, 0) is 11.2 Å². The second kappa shape index (κ2) is 9.68. The number of hydrogen-bond acceptors (Lipinski definition) is 7. The van der Waals surface area contributed by atoms with Gasteiger partial charge in [-0.25, -0.2) is 14.6 Å². The molecular formula is C27H28N6O2. The number of likely N-dealkylation sites (tertiary alicyclic amines) is 1. The Morgan fingerprint density at radius 1 is 1.17 bits per heavy atom. The number of carbonyl (C=O) groups is 1. The number of piperidine rings is 1. The van der Waals surface area contributed by atoms with Crippen molar-refractivity contribution in [2.75, 3.05) is 25.9 Å². The lowest BCUT2D eigenvalue weighted by atomic mass is 10.0. The molecule has 2 aromatic heterocycles. The Hall–Kier alpha value is -4.04. The van der Waals surface area contributed by atoms with E-state index in [1.165, 1.54) is 12.4 Å². The molecule has 5 rings (SSSR count). The zero-order chi connectivity index (χ0) is 24.4. The number of anilines is 1. The monoisotopic (exact) mass is 468 g/mol. The van der Waals surface area contributed by atoms with Crippen LogP contribution in [0.2, 0.25) is 0 Å². The number of hydrogen-bond donors (Lipinski definition) is 1. The smallest absolute Gasteiger partial charge is 0.164 e. The minimum atomic E-state index is -0.0929. The zero-order valence-corrected chi connectivity index (χ0v) is 19.7. The van der Waals surface area contributed by atoms with Crippen LogP contribution in [-0.4, -0.2) is 50.6 Å². The highest BCUT2D eigenvalue weighted by atomic mass is 16.5. The second-order valence-electron chi connectivity index (χ2n) is 8.87. The minimum absolute atomic E-state index is 0.0929. The molecule has 0 amide bonds. The van der Waals surface area contributed by atoms with Crippen LogP contribution in [0.1, 0.15) is 24.4 Å². The van der Waals surface area contributed by atoms with Gasteiger partial charge < -0.3 is 15.4 Å². The molecule has 0 radical (unpaired) electrons. The number of benzene rings is 2. The van der Waals surface area contributed by atoms with E-state index >= 15 is 0 Å². The lowest BCUT2D eigenvalue weighted by Gasteiger charge is -2.29. The van der Waals surface area contributed by atoms with Crippen LogP contribution in [0.3, 0.4) is 0 Å². The largest absolute Gasteiger partial charge is 0.457 e. The Morgan fingerprint density at radius 3 is 2.69 bits per heavy atom. The predicted octanol–water partition coefficient (Wildman–Crippen LogP) is 4.43. The van der Waals surface area contributed by atoms with Crippen LogP contribution in [0.4, 0.5) is 5.82 Å². The molecule has 1 aliphatic heterocycles. The molecule has 0 spiro atoms. The summed E-state index contributed by atoms with van der Waals surface area (Å²) in [4.78, 5) is 23.4. The van der Waals surface area contributed by atoms with Gasteiger partial charge in [0.1, 0.15) is 29.3 Å². The van der Waals surface area contributed by atoms with E-state index in [1.807, 2.05) is 53.2 Å². The number of carbonyl (C=O) groups excluding carboxylic acids is 1. The molecule has 2 aromatic carbocycles. The summed E-state index contributed by atoms with van der Waals surface area (Å²) in [5.41, 5.74) is 9.34. The number of rotatable bonds is 7. The fourth-order valence-electron chi connectivity index (χ4n) is 4.53. The van der Waals surface area contributed by atoms with E-state index in [-0.39, 0.29) is 18.2 Å². The highest BCUT2D eigenvalue weighted by Crippen LogP contribution is 2.36. The molecule has 35 heavy (non-hydrogen) atoms. The van der Waals surface area contributed by atoms with Gasteiger partial charge in [-0.1, -0.05) is 24.8 Å². The van der Waals surface area contributed by atoms with Crippen molar-refractivity contribution in [2.24, 2.45) is 0 Å². The fraction of sp³-hybridized carbons (Fsp3) is 0.259. The van der Waals surface area contributed by atoms with Gasteiger partial charge in [-0.15, -0.1) is 0 Å². The molecule has 0 atom stereocenters. The van der Waals surface area contributed by atoms with Gasteiger partial charge in [0, 0.05) is 17.5 Å². The summed E-state index contributed by atoms with van der Waals surface area (Å²) in [5, 5.41) is 5.72. The van der Waals surface area contributed by atoms with Gasteiger partial charge in [0.05, 0.1) is 11.4 Å². The molecular weight excluding hydrogens is 440 g/mol. The summed E-state index contributed by atoms with van der Waals surface area (Å²) in [6.07, 6.45) is 4.95. The topological polar surface area (TPSA) is 99.2 Å². The number of fused-ring (bicyclic) bond motifs is 1. The van der Waals surface area contributed by atoms with Crippen molar-refractivity contribution in [2.45, 2.75) is 25.3 Å². The van der Waals surface area contributed by atoms with Gasteiger partial charge >= 0.3 is 0 Å². The summed E-state index contributed by atoms with van der Waals surface area (Å²) >= 11 is 0. The maximum absolute atomic E-state index is 12.3. The van der Waals surface area contributed by atoms with Gasteiger partial charge in [0.2, 0.25) is 0 Å². The summed E-state index contributed by atoms with van der Waals surface area (Å²) < 4.78 is 8.10. The van der Waals surface area contributed by atoms with Crippen molar-refractivity contribution in [1.29, 1.82) is 0 Å². The van der Waals surface area contributed by atoms with Crippen molar-refractivity contribution in [3.63, 3.8) is 0 Å². The number of nitrogens with two attached hydrogens (primary N) is 1. The summed E-state index contributed by atoms with van der Waals surface area (Å²) in [5.74, 6) is 1.60. The average molecular weight is 469 g/mol. The van der Waals surface area contributed by atoms with Crippen molar-refractivity contribution < 1.29 is 9.53 Å². The Morgan fingerprint density at radius 2 is 1.94 bits per heavy atom. The number of nitrogen functional groups attached to an aromatic ring is 1. The third kappa shape index (κ3) is 4.65. The lowest BCUT2D eigenvalue weighted by Crippen LogP contribution is -2.31. The molecule has 8 nitrogen and oxygen atoms in total. The van der Waals surface area contributed by atoms with Crippen LogP contribution in [0.25, 0.3) is 22.3 Å². The van der Waals surface area contributed by atoms with E-state index in [9.17, 15) is 4.79 Å². The van der Waals surface area contributed by atoms with Gasteiger partial charge in [-0.3, -0.25) is 4.79 Å². The molecule has 8 heteroatoms.